The lowest BCUT2D eigenvalue weighted by molar-refractivity contribution is 0.456. The molecule has 7 nitrogen and oxygen atoms in total. The van der Waals surface area contributed by atoms with Gasteiger partial charge in [-0.2, -0.15) is 14.5 Å². The Balaban J connectivity index is 1.52. The molecule has 1 aliphatic heterocycles. The lowest BCUT2D eigenvalue weighted by Gasteiger charge is -2.16. The molecule has 0 aliphatic carbocycles. The van der Waals surface area contributed by atoms with Crippen LogP contribution in [0.25, 0.3) is 10.9 Å². The zero-order valence-electron chi connectivity index (χ0n) is 13.4. The first kappa shape index (κ1) is 15.3. The van der Waals surface area contributed by atoms with Crippen molar-refractivity contribution in [2.75, 3.05) is 13.1 Å². The molecule has 0 bridgehead atoms. The van der Waals surface area contributed by atoms with Crippen LogP contribution in [0.5, 0.6) is 0 Å². The Morgan fingerprint density at radius 1 is 1.33 bits per heavy atom. The summed E-state index contributed by atoms with van der Waals surface area (Å²) >= 11 is 0. The standard InChI is InChI=1S/C16H19N5O2S/c1-20-10-13(8-18-20)6-12-4-5-21(11-12)24(22,23)15-3-2-14-9-17-19-16(14)7-15/h2-3,7-10,12H,4-6,11H2,1H3,(H,17,19)/t12-/m1/s1. The van der Waals surface area contributed by atoms with Gasteiger partial charge in [0.1, 0.15) is 0 Å². The maximum absolute atomic E-state index is 12.9. The summed E-state index contributed by atoms with van der Waals surface area (Å²) in [6.45, 7) is 1.12. The monoisotopic (exact) mass is 345 g/mol. The van der Waals surface area contributed by atoms with E-state index in [1.54, 1.807) is 33.4 Å². The number of hydrogen-bond acceptors (Lipinski definition) is 4. The van der Waals surface area contributed by atoms with Crippen LogP contribution in [0.15, 0.2) is 41.7 Å². The van der Waals surface area contributed by atoms with Crippen LogP contribution in [-0.4, -0.2) is 45.8 Å². The Bertz CT molecular complexity index is 975. The summed E-state index contributed by atoms with van der Waals surface area (Å²) in [5, 5.41) is 11.8. The molecule has 0 unspecified atom stereocenters. The number of H-pyrrole nitrogens is 1. The fourth-order valence-electron chi connectivity index (χ4n) is 3.32. The quantitative estimate of drug-likeness (QED) is 0.777. The number of aryl methyl sites for hydroxylation is 1. The first-order chi connectivity index (χ1) is 11.5. The van der Waals surface area contributed by atoms with Crippen LogP contribution >= 0.6 is 0 Å². The van der Waals surface area contributed by atoms with Crippen LogP contribution in [0, 0.1) is 5.92 Å². The summed E-state index contributed by atoms with van der Waals surface area (Å²) in [5.41, 5.74) is 1.89. The third kappa shape index (κ3) is 2.71. The van der Waals surface area contributed by atoms with E-state index in [0.29, 0.717) is 23.9 Å². The molecular weight excluding hydrogens is 326 g/mol. The highest BCUT2D eigenvalue weighted by molar-refractivity contribution is 7.89. The molecular formula is C16H19N5O2S. The van der Waals surface area contributed by atoms with Crippen molar-refractivity contribution in [1.29, 1.82) is 0 Å². The second kappa shape index (κ2) is 5.71. The van der Waals surface area contributed by atoms with E-state index in [0.717, 1.165) is 29.3 Å². The van der Waals surface area contributed by atoms with E-state index in [1.165, 1.54) is 0 Å². The second-order valence-corrected chi connectivity index (χ2v) is 8.30. The Morgan fingerprint density at radius 2 is 2.21 bits per heavy atom. The third-order valence-corrected chi connectivity index (χ3v) is 6.44. The summed E-state index contributed by atoms with van der Waals surface area (Å²) in [7, 11) is -1.57. The highest BCUT2D eigenvalue weighted by Crippen LogP contribution is 2.27. The predicted octanol–water partition coefficient (Wildman–Crippen LogP) is 1.55. The molecule has 1 aliphatic rings. The fourth-order valence-corrected chi connectivity index (χ4v) is 4.88. The van der Waals surface area contributed by atoms with Crippen molar-refractivity contribution in [3.63, 3.8) is 0 Å². The van der Waals surface area contributed by atoms with E-state index in [9.17, 15) is 8.42 Å². The van der Waals surface area contributed by atoms with Crippen molar-refractivity contribution in [2.45, 2.75) is 17.7 Å². The van der Waals surface area contributed by atoms with Gasteiger partial charge in [-0.15, -0.1) is 0 Å². The molecule has 3 heterocycles. The van der Waals surface area contributed by atoms with Gasteiger partial charge in [-0.1, -0.05) is 0 Å². The number of benzene rings is 1. The largest absolute Gasteiger partial charge is 0.278 e. The van der Waals surface area contributed by atoms with Crippen molar-refractivity contribution in [3.05, 3.63) is 42.4 Å². The van der Waals surface area contributed by atoms with Gasteiger partial charge >= 0.3 is 0 Å². The molecule has 4 rings (SSSR count). The van der Waals surface area contributed by atoms with Crippen molar-refractivity contribution in [1.82, 2.24) is 24.3 Å². The Labute approximate surface area is 140 Å². The molecule has 126 valence electrons. The average molecular weight is 345 g/mol. The number of sulfonamides is 1. The minimum Gasteiger partial charge on any atom is -0.278 e. The van der Waals surface area contributed by atoms with Gasteiger partial charge in [0, 0.05) is 31.7 Å². The molecule has 24 heavy (non-hydrogen) atoms. The van der Waals surface area contributed by atoms with E-state index < -0.39 is 10.0 Å². The SMILES string of the molecule is Cn1cc(C[C@H]2CCN(S(=O)(=O)c3ccc4cn[nH]c4c3)C2)cn1. The van der Waals surface area contributed by atoms with E-state index in [2.05, 4.69) is 15.3 Å². The molecule has 1 atom stereocenters. The summed E-state index contributed by atoms with van der Waals surface area (Å²) in [5.74, 6) is 0.333. The zero-order chi connectivity index (χ0) is 16.7. The topological polar surface area (TPSA) is 83.9 Å². The third-order valence-electron chi connectivity index (χ3n) is 4.58. The Kier molecular flexibility index (Phi) is 3.65. The first-order valence-electron chi connectivity index (χ1n) is 7.93. The average Bonchev–Trinajstić information content (AvgIpc) is 3.28. The van der Waals surface area contributed by atoms with Crippen molar-refractivity contribution < 1.29 is 8.42 Å². The minimum absolute atomic E-state index is 0.321. The lowest BCUT2D eigenvalue weighted by Crippen LogP contribution is -2.29. The van der Waals surface area contributed by atoms with E-state index >= 15 is 0 Å². The molecule has 0 saturated carbocycles. The molecule has 8 heteroatoms. The smallest absolute Gasteiger partial charge is 0.243 e. The van der Waals surface area contributed by atoms with Crippen LogP contribution in [-0.2, 0) is 23.5 Å². The van der Waals surface area contributed by atoms with Crippen LogP contribution in [0.3, 0.4) is 0 Å². The lowest BCUT2D eigenvalue weighted by atomic mass is 10.0. The van der Waals surface area contributed by atoms with Gasteiger partial charge in [0.05, 0.1) is 22.8 Å². The van der Waals surface area contributed by atoms with Gasteiger partial charge in [-0.3, -0.25) is 9.78 Å². The zero-order valence-corrected chi connectivity index (χ0v) is 14.2. The number of rotatable bonds is 4. The summed E-state index contributed by atoms with van der Waals surface area (Å²) in [6, 6.07) is 5.10. The molecule has 1 saturated heterocycles. The van der Waals surface area contributed by atoms with Crippen molar-refractivity contribution >= 4 is 20.9 Å². The van der Waals surface area contributed by atoms with Gasteiger partial charge < -0.3 is 0 Å². The number of aromatic amines is 1. The van der Waals surface area contributed by atoms with Crippen molar-refractivity contribution in [2.24, 2.45) is 13.0 Å². The summed E-state index contributed by atoms with van der Waals surface area (Å²) in [6.07, 6.45) is 7.26. The number of hydrogen-bond donors (Lipinski definition) is 1. The van der Waals surface area contributed by atoms with Crippen molar-refractivity contribution in [3.8, 4) is 0 Å². The number of nitrogens with zero attached hydrogens (tertiary/aromatic N) is 4. The maximum Gasteiger partial charge on any atom is 0.243 e. The molecule has 0 amide bonds. The molecule has 1 N–H and O–H groups in total. The molecule has 0 radical (unpaired) electrons. The van der Waals surface area contributed by atoms with E-state index in [1.807, 2.05) is 19.4 Å². The van der Waals surface area contributed by atoms with Gasteiger partial charge in [0.25, 0.3) is 0 Å². The molecule has 1 aromatic carbocycles. The number of fused-ring (bicyclic) bond motifs is 1. The summed E-state index contributed by atoms with van der Waals surface area (Å²) in [4.78, 5) is 0.321. The number of aromatic nitrogens is 4. The van der Waals surface area contributed by atoms with Gasteiger partial charge in [-0.05, 0) is 42.5 Å². The normalized spacial score (nSPS) is 19.3. The Morgan fingerprint density at radius 3 is 3.00 bits per heavy atom. The molecule has 1 fully saturated rings. The second-order valence-electron chi connectivity index (χ2n) is 6.36. The van der Waals surface area contributed by atoms with Gasteiger partial charge in [0.2, 0.25) is 10.0 Å². The number of nitrogens with one attached hydrogen (secondary N) is 1. The maximum atomic E-state index is 12.9. The fraction of sp³-hybridized carbons (Fsp3) is 0.375. The van der Waals surface area contributed by atoms with Crippen LogP contribution in [0.4, 0.5) is 0 Å². The van der Waals surface area contributed by atoms with E-state index in [4.69, 9.17) is 0 Å². The molecule has 3 aromatic rings. The van der Waals surface area contributed by atoms with E-state index in [-0.39, 0.29) is 0 Å². The van der Waals surface area contributed by atoms with Gasteiger partial charge in [-0.25, -0.2) is 8.42 Å². The van der Waals surface area contributed by atoms with Crippen LogP contribution in [0.2, 0.25) is 0 Å². The van der Waals surface area contributed by atoms with Gasteiger partial charge in [0.15, 0.2) is 0 Å². The van der Waals surface area contributed by atoms with Crippen LogP contribution < -0.4 is 0 Å². The molecule has 2 aromatic heterocycles. The van der Waals surface area contributed by atoms with Crippen LogP contribution in [0.1, 0.15) is 12.0 Å². The molecule has 0 spiro atoms. The highest BCUT2D eigenvalue weighted by atomic mass is 32.2. The predicted molar refractivity (Wildman–Crippen MR) is 89.9 cm³/mol. The minimum atomic E-state index is -3.46. The highest BCUT2D eigenvalue weighted by Gasteiger charge is 2.32. The summed E-state index contributed by atoms with van der Waals surface area (Å²) < 4.78 is 29.1. The first-order valence-corrected chi connectivity index (χ1v) is 9.37. The Hall–Kier alpha value is -2.19.